The van der Waals surface area contributed by atoms with Gasteiger partial charge in [-0.25, -0.2) is 0 Å². The standard InChI is InChI=1S/C6H5IO3S.Ga.3H/c7-5-3-1-2-4-6(5)11(8,9)10;;;;/h1-4H,(H,8,9,10);;;;. The summed E-state index contributed by atoms with van der Waals surface area (Å²) in [6, 6.07) is 6.24. The molecule has 0 atom stereocenters. The third-order valence-electron chi connectivity index (χ3n) is 1.11. The molecule has 0 bridgehead atoms. The van der Waals surface area contributed by atoms with Crippen LogP contribution >= 0.6 is 22.6 Å². The molecule has 1 N–H and O–H groups in total. The van der Waals surface area contributed by atoms with E-state index in [1.807, 2.05) is 22.6 Å². The van der Waals surface area contributed by atoms with Crippen molar-refractivity contribution in [3.63, 3.8) is 0 Å². The van der Waals surface area contributed by atoms with Crippen molar-refractivity contribution in [2.24, 2.45) is 0 Å². The van der Waals surface area contributed by atoms with Crippen molar-refractivity contribution < 1.29 is 13.0 Å². The molecule has 0 fully saturated rings. The van der Waals surface area contributed by atoms with Crippen LogP contribution in [0.4, 0.5) is 0 Å². The minimum atomic E-state index is -4.04. The molecule has 1 aromatic carbocycles. The molecule has 0 heterocycles. The molecular formula is C6H8GaIO3S. The zero-order valence-electron chi connectivity index (χ0n) is 5.36. The maximum absolute atomic E-state index is 10.6. The Hall–Kier alpha value is 0.496. The maximum atomic E-state index is 10.6. The summed E-state index contributed by atoms with van der Waals surface area (Å²) in [6.07, 6.45) is 0. The monoisotopic (exact) mass is 356 g/mol. The zero-order valence-corrected chi connectivity index (χ0v) is 8.33. The molecule has 66 valence electrons. The molecule has 0 radical (unpaired) electrons. The van der Waals surface area contributed by atoms with E-state index in [9.17, 15) is 8.42 Å². The van der Waals surface area contributed by atoms with Crippen molar-refractivity contribution in [2.45, 2.75) is 4.90 Å². The van der Waals surface area contributed by atoms with E-state index in [1.165, 1.54) is 6.07 Å². The molecule has 0 aliphatic carbocycles. The summed E-state index contributed by atoms with van der Waals surface area (Å²) in [5, 5.41) is 0. The zero-order chi connectivity index (χ0) is 8.48. The van der Waals surface area contributed by atoms with Gasteiger partial charge in [0.25, 0.3) is 10.1 Å². The molecule has 0 spiro atoms. The van der Waals surface area contributed by atoms with Crippen molar-refractivity contribution in [1.82, 2.24) is 0 Å². The average molecular weight is 357 g/mol. The Balaban J connectivity index is 0.00000121. The molecule has 3 nitrogen and oxygen atoms in total. The Morgan fingerprint density at radius 3 is 2.08 bits per heavy atom. The Morgan fingerprint density at radius 2 is 1.75 bits per heavy atom. The first-order chi connectivity index (χ1) is 5.02. The summed E-state index contributed by atoms with van der Waals surface area (Å²) in [7, 11) is -4.04. The molecule has 0 unspecified atom stereocenters. The summed E-state index contributed by atoms with van der Waals surface area (Å²) in [4.78, 5) is -0.0411. The van der Waals surface area contributed by atoms with Crippen LogP contribution in [0.5, 0.6) is 0 Å². The molecule has 0 aliphatic heterocycles. The van der Waals surface area contributed by atoms with Gasteiger partial charge in [0.1, 0.15) is 4.90 Å². The van der Waals surface area contributed by atoms with Crippen LogP contribution in [0.3, 0.4) is 0 Å². The number of hydrogen-bond donors (Lipinski definition) is 1. The van der Waals surface area contributed by atoms with Crippen LogP contribution in [0.25, 0.3) is 0 Å². The predicted octanol–water partition coefficient (Wildman–Crippen LogP) is 0.354. The van der Waals surface area contributed by atoms with Crippen LogP contribution in [0.15, 0.2) is 29.2 Å². The Labute approximate surface area is 97.5 Å². The Bertz CT molecular complexity index is 363. The van der Waals surface area contributed by atoms with E-state index in [-0.39, 0.29) is 24.7 Å². The second-order valence-corrected chi connectivity index (χ2v) is 4.46. The van der Waals surface area contributed by atoms with Crippen LogP contribution in [0.2, 0.25) is 0 Å². The van der Waals surface area contributed by atoms with E-state index in [0.717, 1.165) is 0 Å². The van der Waals surface area contributed by atoms with E-state index in [1.54, 1.807) is 18.2 Å². The topological polar surface area (TPSA) is 54.4 Å². The summed E-state index contributed by atoms with van der Waals surface area (Å²) in [5.41, 5.74) is 0. The molecule has 6 heteroatoms. The molecular weight excluding hydrogens is 349 g/mol. The van der Waals surface area contributed by atoms with Crippen LogP contribution in [-0.2, 0) is 10.1 Å². The van der Waals surface area contributed by atoms with E-state index < -0.39 is 10.1 Å². The van der Waals surface area contributed by atoms with E-state index >= 15 is 0 Å². The molecule has 0 aromatic heterocycles. The van der Waals surface area contributed by atoms with Crippen molar-refractivity contribution in [1.29, 1.82) is 0 Å². The summed E-state index contributed by atoms with van der Waals surface area (Å²) in [5.74, 6) is 0. The van der Waals surface area contributed by atoms with Crippen LogP contribution in [0.1, 0.15) is 0 Å². The molecule has 12 heavy (non-hydrogen) atoms. The van der Waals surface area contributed by atoms with Crippen molar-refractivity contribution in [3.8, 4) is 0 Å². The third-order valence-corrected chi connectivity index (χ3v) is 3.33. The second kappa shape index (κ2) is 4.65. The van der Waals surface area contributed by atoms with Gasteiger partial charge in [-0.2, -0.15) is 8.42 Å². The summed E-state index contributed by atoms with van der Waals surface area (Å²) >= 11 is 1.85. The third kappa shape index (κ3) is 3.09. The normalized spacial score (nSPS) is 10.5. The second-order valence-electron chi connectivity index (χ2n) is 1.91. The van der Waals surface area contributed by atoms with Gasteiger partial charge >= 0.3 is 19.8 Å². The van der Waals surface area contributed by atoms with Gasteiger partial charge in [-0.05, 0) is 34.7 Å². The molecule has 1 aromatic rings. The van der Waals surface area contributed by atoms with Crippen LogP contribution in [-0.4, -0.2) is 32.8 Å². The SMILES string of the molecule is O=S(=O)(O)c1ccccc1I.[GaH3]. The van der Waals surface area contributed by atoms with Crippen LogP contribution < -0.4 is 0 Å². The molecule has 1 rings (SSSR count). The van der Waals surface area contributed by atoms with Gasteiger partial charge in [-0.3, -0.25) is 4.55 Å². The van der Waals surface area contributed by atoms with Gasteiger partial charge in [0.05, 0.1) is 0 Å². The quantitative estimate of drug-likeness (QED) is 0.449. The fourth-order valence-electron chi connectivity index (χ4n) is 0.654. The van der Waals surface area contributed by atoms with Gasteiger partial charge in [-0.15, -0.1) is 0 Å². The fourth-order valence-corrected chi connectivity index (χ4v) is 2.44. The van der Waals surface area contributed by atoms with E-state index in [4.69, 9.17) is 4.55 Å². The summed E-state index contributed by atoms with van der Waals surface area (Å²) in [6.45, 7) is 0. The van der Waals surface area contributed by atoms with Gasteiger partial charge in [0.2, 0.25) is 0 Å². The number of hydrogen-bond acceptors (Lipinski definition) is 2. The fraction of sp³-hybridized carbons (Fsp3) is 0. The first-order valence-electron chi connectivity index (χ1n) is 2.74. The number of halogens is 1. The number of rotatable bonds is 1. The Morgan fingerprint density at radius 1 is 1.25 bits per heavy atom. The predicted molar refractivity (Wildman–Crippen MR) is 58.9 cm³/mol. The molecule has 0 saturated heterocycles. The minimum absolute atomic E-state index is 0. The number of benzene rings is 1. The first kappa shape index (κ1) is 12.5. The molecule has 0 amide bonds. The molecule has 0 aliphatic rings. The van der Waals surface area contributed by atoms with Gasteiger partial charge in [0.15, 0.2) is 0 Å². The van der Waals surface area contributed by atoms with Crippen molar-refractivity contribution in [3.05, 3.63) is 27.8 Å². The average Bonchev–Trinajstić information content (AvgIpc) is 1.86. The summed E-state index contributed by atoms with van der Waals surface area (Å²) < 4.78 is 30.4. The Kier molecular flexibility index (Phi) is 4.85. The van der Waals surface area contributed by atoms with Crippen LogP contribution in [0, 0.1) is 3.57 Å². The molecule has 0 saturated carbocycles. The van der Waals surface area contributed by atoms with Gasteiger partial charge in [-0.1, -0.05) is 12.1 Å². The van der Waals surface area contributed by atoms with Gasteiger partial charge < -0.3 is 0 Å². The van der Waals surface area contributed by atoms with E-state index in [2.05, 4.69) is 0 Å². The van der Waals surface area contributed by atoms with Crippen molar-refractivity contribution >= 4 is 52.5 Å². The first-order valence-corrected chi connectivity index (χ1v) is 5.26. The van der Waals surface area contributed by atoms with Crippen molar-refractivity contribution in [2.75, 3.05) is 0 Å². The van der Waals surface area contributed by atoms with Gasteiger partial charge in [0, 0.05) is 3.57 Å². The van der Waals surface area contributed by atoms with E-state index in [0.29, 0.717) is 3.57 Å².